The van der Waals surface area contributed by atoms with Gasteiger partial charge in [0.1, 0.15) is 24.7 Å². The van der Waals surface area contributed by atoms with Crippen LogP contribution in [0.5, 0.6) is 11.5 Å². The van der Waals surface area contributed by atoms with Gasteiger partial charge in [-0.1, -0.05) is 48.6 Å². The zero-order valence-corrected chi connectivity index (χ0v) is 15.5. The van der Waals surface area contributed by atoms with Crippen LogP contribution < -0.4 is 9.47 Å². The van der Waals surface area contributed by atoms with E-state index in [4.69, 9.17) is 14.2 Å². The Hall–Kier alpha value is -3.01. The largest absolute Gasteiger partial charge is 0.489 e. The molecule has 0 amide bonds. The van der Waals surface area contributed by atoms with Gasteiger partial charge in [-0.2, -0.15) is 0 Å². The highest BCUT2D eigenvalue weighted by atomic mass is 16.5. The van der Waals surface area contributed by atoms with E-state index in [0.29, 0.717) is 24.7 Å². The van der Waals surface area contributed by atoms with Crippen LogP contribution in [0.1, 0.15) is 24.0 Å². The van der Waals surface area contributed by atoms with Crippen LogP contribution in [0.3, 0.4) is 0 Å². The smallest absolute Gasteiger partial charge is 0.309 e. The molecule has 4 nitrogen and oxygen atoms in total. The number of hydrogen-bond acceptors (Lipinski definition) is 4. The van der Waals surface area contributed by atoms with E-state index in [0.717, 1.165) is 24.0 Å². The lowest BCUT2D eigenvalue weighted by Crippen LogP contribution is -2.07. The van der Waals surface area contributed by atoms with Gasteiger partial charge in [-0.15, -0.1) is 0 Å². The Balaban J connectivity index is 1.72. The molecule has 0 saturated heterocycles. The van der Waals surface area contributed by atoms with Gasteiger partial charge in [0.2, 0.25) is 0 Å². The van der Waals surface area contributed by atoms with Gasteiger partial charge in [0.25, 0.3) is 0 Å². The average Bonchev–Trinajstić information content (AvgIpc) is 2.72. The van der Waals surface area contributed by atoms with Crippen LogP contribution in [0.15, 0.2) is 72.3 Å². The van der Waals surface area contributed by atoms with Crippen LogP contribution in [0.4, 0.5) is 0 Å². The van der Waals surface area contributed by atoms with Gasteiger partial charge < -0.3 is 14.2 Å². The molecule has 0 spiro atoms. The lowest BCUT2D eigenvalue weighted by molar-refractivity contribution is -0.139. The Kier molecular flexibility index (Phi) is 6.69. The van der Waals surface area contributed by atoms with Gasteiger partial charge in [0, 0.05) is 6.07 Å². The topological polar surface area (TPSA) is 44.8 Å². The molecule has 27 heavy (non-hydrogen) atoms. The van der Waals surface area contributed by atoms with E-state index in [1.165, 1.54) is 12.7 Å². The molecule has 0 aromatic heterocycles. The standard InChI is InChI=1S/C23H24O4/c1-25-23(24)14-20-12-21(26-16-18-8-4-2-5-9-18)15-22(13-20)27-17-19-10-6-3-7-11-19/h2-6,8-10,12-13,15H,7,11,14,16-17H2,1H3. The lowest BCUT2D eigenvalue weighted by Gasteiger charge is -2.14. The molecule has 0 radical (unpaired) electrons. The highest BCUT2D eigenvalue weighted by Gasteiger charge is 2.09. The zero-order chi connectivity index (χ0) is 18.9. The van der Waals surface area contributed by atoms with Crippen LogP contribution >= 0.6 is 0 Å². The monoisotopic (exact) mass is 364 g/mol. The first kappa shape index (κ1) is 18.8. The zero-order valence-electron chi connectivity index (χ0n) is 15.5. The fourth-order valence-corrected chi connectivity index (χ4v) is 2.83. The minimum atomic E-state index is -0.290. The number of ether oxygens (including phenoxy) is 3. The SMILES string of the molecule is COC(=O)Cc1cc(OCC2=CC=CCC2)cc(OCc2ccccc2)c1. The highest BCUT2D eigenvalue weighted by Crippen LogP contribution is 2.25. The predicted octanol–water partition coefficient (Wildman–Crippen LogP) is 4.64. The van der Waals surface area contributed by atoms with Gasteiger partial charge >= 0.3 is 5.97 Å². The van der Waals surface area contributed by atoms with E-state index in [-0.39, 0.29) is 12.4 Å². The van der Waals surface area contributed by atoms with Gasteiger partial charge in [-0.25, -0.2) is 0 Å². The summed E-state index contributed by atoms with van der Waals surface area (Å²) >= 11 is 0. The molecule has 0 atom stereocenters. The molecule has 0 saturated carbocycles. The number of allylic oxidation sites excluding steroid dienone is 3. The maximum Gasteiger partial charge on any atom is 0.309 e. The van der Waals surface area contributed by atoms with Crippen molar-refractivity contribution < 1.29 is 19.0 Å². The van der Waals surface area contributed by atoms with Crippen LogP contribution in [0.2, 0.25) is 0 Å². The summed E-state index contributed by atoms with van der Waals surface area (Å²) in [5.41, 5.74) is 3.14. The van der Waals surface area contributed by atoms with E-state index in [1.54, 1.807) is 0 Å². The number of rotatable bonds is 8. The number of carbonyl (C=O) groups excluding carboxylic acids is 1. The van der Waals surface area contributed by atoms with E-state index >= 15 is 0 Å². The fraction of sp³-hybridized carbons (Fsp3) is 0.261. The minimum absolute atomic E-state index is 0.181. The van der Waals surface area contributed by atoms with Crippen molar-refractivity contribution in [3.8, 4) is 11.5 Å². The summed E-state index contributed by atoms with van der Waals surface area (Å²) in [5, 5.41) is 0. The maximum absolute atomic E-state index is 11.7. The Bertz CT molecular complexity index is 822. The van der Waals surface area contributed by atoms with Crippen LogP contribution in [-0.2, 0) is 22.6 Å². The van der Waals surface area contributed by atoms with E-state index in [9.17, 15) is 4.79 Å². The Labute approximate surface area is 160 Å². The third kappa shape index (κ3) is 6.03. The Morgan fingerprint density at radius 3 is 2.37 bits per heavy atom. The van der Waals surface area contributed by atoms with Crippen molar-refractivity contribution in [3.05, 3.63) is 83.5 Å². The van der Waals surface area contributed by atoms with Crippen molar-refractivity contribution in [2.24, 2.45) is 0 Å². The second-order valence-electron chi connectivity index (χ2n) is 6.42. The Morgan fingerprint density at radius 2 is 1.70 bits per heavy atom. The molecule has 0 N–H and O–H groups in total. The summed E-state index contributed by atoms with van der Waals surface area (Å²) in [6, 6.07) is 15.5. The molecule has 4 heteroatoms. The van der Waals surface area contributed by atoms with Crippen molar-refractivity contribution in [1.29, 1.82) is 0 Å². The van der Waals surface area contributed by atoms with Crippen LogP contribution in [-0.4, -0.2) is 19.7 Å². The molecule has 1 aliphatic rings. The molecule has 0 fully saturated rings. The summed E-state index contributed by atoms with van der Waals surface area (Å²) in [4.78, 5) is 11.7. The molecule has 0 bridgehead atoms. The number of methoxy groups -OCH3 is 1. The summed E-state index contributed by atoms with van der Waals surface area (Å²) in [7, 11) is 1.39. The minimum Gasteiger partial charge on any atom is -0.489 e. The van der Waals surface area contributed by atoms with Gasteiger partial charge in [0.15, 0.2) is 0 Å². The molecule has 3 rings (SSSR count). The second kappa shape index (κ2) is 9.62. The molecular weight excluding hydrogens is 340 g/mol. The number of hydrogen-bond donors (Lipinski definition) is 0. The first-order valence-corrected chi connectivity index (χ1v) is 9.08. The van der Waals surface area contributed by atoms with Gasteiger partial charge in [0.05, 0.1) is 13.5 Å². The predicted molar refractivity (Wildman–Crippen MR) is 105 cm³/mol. The molecule has 1 aliphatic carbocycles. The second-order valence-corrected chi connectivity index (χ2v) is 6.42. The summed E-state index contributed by atoms with van der Waals surface area (Å²) in [5.74, 6) is 1.07. The van der Waals surface area contributed by atoms with Crippen molar-refractivity contribution in [2.75, 3.05) is 13.7 Å². The number of esters is 1. The molecule has 0 heterocycles. The Morgan fingerprint density at radius 1 is 0.963 bits per heavy atom. The van der Waals surface area contributed by atoms with E-state index in [1.807, 2.05) is 48.5 Å². The molecule has 0 aliphatic heterocycles. The fourth-order valence-electron chi connectivity index (χ4n) is 2.83. The normalized spacial score (nSPS) is 13.0. The molecule has 140 valence electrons. The maximum atomic E-state index is 11.7. The third-order valence-corrected chi connectivity index (χ3v) is 4.29. The lowest BCUT2D eigenvalue weighted by atomic mass is 10.1. The summed E-state index contributed by atoms with van der Waals surface area (Å²) in [6.07, 6.45) is 8.54. The molecule has 2 aromatic rings. The number of benzene rings is 2. The van der Waals surface area contributed by atoms with Crippen molar-refractivity contribution >= 4 is 5.97 Å². The van der Waals surface area contributed by atoms with Gasteiger partial charge in [-0.3, -0.25) is 4.79 Å². The van der Waals surface area contributed by atoms with Crippen LogP contribution in [0, 0.1) is 0 Å². The number of carbonyl (C=O) groups is 1. The quantitative estimate of drug-likeness (QED) is 0.640. The van der Waals surface area contributed by atoms with Gasteiger partial charge in [-0.05, 0) is 41.7 Å². The van der Waals surface area contributed by atoms with Crippen molar-refractivity contribution in [2.45, 2.75) is 25.9 Å². The van der Waals surface area contributed by atoms with E-state index in [2.05, 4.69) is 18.2 Å². The van der Waals surface area contributed by atoms with E-state index < -0.39 is 0 Å². The average molecular weight is 364 g/mol. The highest BCUT2D eigenvalue weighted by molar-refractivity contribution is 5.72. The molecule has 0 unspecified atom stereocenters. The van der Waals surface area contributed by atoms with Crippen molar-refractivity contribution in [3.63, 3.8) is 0 Å². The summed E-state index contributed by atoms with van der Waals surface area (Å²) < 4.78 is 16.7. The third-order valence-electron chi connectivity index (χ3n) is 4.29. The first-order chi connectivity index (χ1) is 13.2. The van der Waals surface area contributed by atoms with Crippen LogP contribution in [0.25, 0.3) is 0 Å². The first-order valence-electron chi connectivity index (χ1n) is 9.08. The molecule has 2 aromatic carbocycles. The molecular formula is C23H24O4. The van der Waals surface area contributed by atoms with Crippen molar-refractivity contribution in [1.82, 2.24) is 0 Å². The summed E-state index contributed by atoms with van der Waals surface area (Å²) in [6.45, 7) is 0.988.